The fraction of sp³-hybridized carbons (Fsp3) is 1.00. The van der Waals surface area contributed by atoms with Crippen molar-refractivity contribution >= 4 is 0 Å². The largest absolute Gasteiger partial charge is 0.402 e. The molecule has 0 saturated carbocycles. The van der Waals surface area contributed by atoms with Crippen LogP contribution in [0.3, 0.4) is 0 Å². The van der Waals surface area contributed by atoms with Gasteiger partial charge >= 0.3 is 12.4 Å². The number of hydrogen-bond acceptors (Lipinski definition) is 2. The molecule has 0 aliphatic heterocycles. The van der Waals surface area contributed by atoms with E-state index in [2.05, 4.69) is 10.1 Å². The van der Waals surface area contributed by atoms with Gasteiger partial charge < -0.3 is 10.1 Å². The third-order valence-corrected chi connectivity index (χ3v) is 2.08. The molecule has 8 heteroatoms. The molecule has 0 spiro atoms. The quantitative estimate of drug-likeness (QED) is 0.747. The normalized spacial score (nSPS) is 15.4. The van der Waals surface area contributed by atoms with Gasteiger partial charge in [-0.1, -0.05) is 6.92 Å². The molecule has 1 unspecified atom stereocenters. The first-order chi connectivity index (χ1) is 7.64. The van der Waals surface area contributed by atoms with Crippen molar-refractivity contribution in [3.05, 3.63) is 0 Å². The van der Waals surface area contributed by atoms with Crippen molar-refractivity contribution in [2.24, 2.45) is 5.92 Å². The van der Waals surface area contributed by atoms with Crippen LogP contribution in [0.25, 0.3) is 0 Å². The molecule has 0 aliphatic rings. The lowest BCUT2D eigenvalue weighted by atomic mass is 9.99. The lowest BCUT2D eigenvalue weighted by Crippen LogP contribution is -2.53. The maximum absolute atomic E-state index is 12.4. The molecule has 0 aromatic heterocycles. The van der Waals surface area contributed by atoms with Gasteiger partial charge in [0.05, 0.1) is 12.6 Å². The molecule has 0 rings (SSSR count). The minimum atomic E-state index is -5.35. The minimum absolute atomic E-state index is 0.000398. The van der Waals surface area contributed by atoms with Crippen LogP contribution in [-0.2, 0) is 4.74 Å². The minimum Gasteiger partial charge on any atom is -0.380 e. The Morgan fingerprint density at radius 1 is 1.00 bits per heavy atom. The Bertz CT molecular complexity index is 201. The molecule has 0 bridgehead atoms. The van der Waals surface area contributed by atoms with Crippen LogP contribution in [0.5, 0.6) is 0 Å². The summed E-state index contributed by atoms with van der Waals surface area (Å²) in [5, 5.41) is 2.17. The van der Waals surface area contributed by atoms with Crippen LogP contribution in [0, 0.1) is 5.92 Å². The Balaban J connectivity index is 4.94. The van der Waals surface area contributed by atoms with Gasteiger partial charge in [-0.3, -0.25) is 0 Å². The van der Waals surface area contributed by atoms with E-state index in [0.717, 1.165) is 0 Å². The predicted molar refractivity (Wildman–Crippen MR) is 49.6 cm³/mol. The predicted octanol–water partition coefficient (Wildman–Crippen LogP) is 2.74. The number of rotatable bonds is 6. The lowest BCUT2D eigenvalue weighted by Gasteiger charge is -2.30. The maximum Gasteiger partial charge on any atom is 0.402 e. The Hall–Kier alpha value is -0.500. The molecule has 104 valence electrons. The number of nitrogens with one attached hydrogen (secondary N) is 1. The highest BCUT2D eigenvalue weighted by molar-refractivity contribution is 4.86. The maximum atomic E-state index is 12.4. The fourth-order valence-corrected chi connectivity index (χ4v) is 1.42. The zero-order valence-corrected chi connectivity index (χ0v) is 9.45. The van der Waals surface area contributed by atoms with E-state index in [9.17, 15) is 26.3 Å². The van der Waals surface area contributed by atoms with Crippen molar-refractivity contribution in [2.45, 2.75) is 32.2 Å². The first-order valence-electron chi connectivity index (χ1n) is 5.09. The molecule has 0 aliphatic carbocycles. The summed E-state index contributed by atoms with van der Waals surface area (Å²) < 4.78 is 79.1. The molecular formula is C9H15F6NO. The number of hydrogen-bond donors (Lipinski definition) is 1. The van der Waals surface area contributed by atoms with E-state index in [0.29, 0.717) is 0 Å². The number of ether oxygens (including phenoxy) is 1. The summed E-state index contributed by atoms with van der Waals surface area (Å²) in [5.74, 6) is -3.42. The van der Waals surface area contributed by atoms with Gasteiger partial charge in [0.1, 0.15) is 0 Å². The van der Waals surface area contributed by atoms with Crippen LogP contribution in [0.2, 0.25) is 0 Å². The van der Waals surface area contributed by atoms with E-state index in [4.69, 9.17) is 0 Å². The summed E-state index contributed by atoms with van der Waals surface area (Å²) in [6.45, 7) is 2.36. The fourth-order valence-electron chi connectivity index (χ4n) is 1.42. The molecule has 0 fully saturated rings. The highest BCUT2D eigenvalue weighted by Gasteiger charge is 2.60. The van der Waals surface area contributed by atoms with Crippen molar-refractivity contribution < 1.29 is 31.1 Å². The zero-order valence-electron chi connectivity index (χ0n) is 9.45. The Morgan fingerprint density at radius 3 is 1.76 bits per heavy atom. The van der Waals surface area contributed by atoms with E-state index < -0.39 is 30.9 Å². The average Bonchev–Trinajstić information content (AvgIpc) is 2.09. The Morgan fingerprint density at radius 2 is 1.47 bits per heavy atom. The van der Waals surface area contributed by atoms with Gasteiger partial charge in [0.25, 0.3) is 0 Å². The van der Waals surface area contributed by atoms with Crippen molar-refractivity contribution in [2.75, 3.05) is 19.8 Å². The van der Waals surface area contributed by atoms with Crippen molar-refractivity contribution in [1.82, 2.24) is 5.32 Å². The SMILES string of the molecule is CCNC(COCC)C(C(F)(F)F)C(F)(F)F. The van der Waals surface area contributed by atoms with Crippen LogP contribution >= 0.6 is 0 Å². The second-order valence-corrected chi connectivity index (χ2v) is 3.38. The molecule has 2 nitrogen and oxygen atoms in total. The topological polar surface area (TPSA) is 21.3 Å². The lowest BCUT2D eigenvalue weighted by molar-refractivity contribution is -0.294. The highest BCUT2D eigenvalue weighted by atomic mass is 19.4. The Labute approximate surface area is 95.3 Å². The smallest absolute Gasteiger partial charge is 0.380 e. The van der Waals surface area contributed by atoms with Gasteiger partial charge in [-0.25, -0.2) is 0 Å². The molecule has 0 amide bonds. The van der Waals surface area contributed by atoms with E-state index in [1.807, 2.05) is 0 Å². The molecule has 1 atom stereocenters. The first kappa shape index (κ1) is 16.5. The second kappa shape index (κ2) is 6.44. The zero-order chi connectivity index (χ0) is 13.7. The van der Waals surface area contributed by atoms with Crippen LogP contribution in [-0.4, -0.2) is 38.2 Å². The first-order valence-corrected chi connectivity index (χ1v) is 5.09. The van der Waals surface area contributed by atoms with Crippen LogP contribution in [0.1, 0.15) is 13.8 Å². The summed E-state index contributed by atoms with van der Waals surface area (Å²) in [7, 11) is 0. The van der Waals surface area contributed by atoms with Crippen LogP contribution < -0.4 is 5.32 Å². The van der Waals surface area contributed by atoms with Crippen molar-refractivity contribution in [3.63, 3.8) is 0 Å². The number of likely N-dealkylation sites (N-methyl/N-ethyl adjacent to an activating group) is 1. The molecule has 0 saturated heterocycles. The second-order valence-electron chi connectivity index (χ2n) is 3.38. The number of alkyl halides is 6. The third-order valence-electron chi connectivity index (χ3n) is 2.08. The van der Waals surface area contributed by atoms with Gasteiger partial charge in [-0.05, 0) is 13.5 Å². The molecule has 0 heterocycles. The van der Waals surface area contributed by atoms with Crippen LogP contribution in [0.4, 0.5) is 26.3 Å². The van der Waals surface area contributed by atoms with E-state index in [-0.39, 0.29) is 13.2 Å². The molecule has 0 radical (unpaired) electrons. The molecular weight excluding hydrogens is 252 g/mol. The van der Waals surface area contributed by atoms with E-state index >= 15 is 0 Å². The summed E-state index contributed by atoms with van der Waals surface area (Å²) in [6, 6.07) is -1.82. The molecule has 0 aromatic carbocycles. The summed E-state index contributed by atoms with van der Waals surface area (Å²) in [5.41, 5.74) is 0. The van der Waals surface area contributed by atoms with Gasteiger partial charge in [0, 0.05) is 6.61 Å². The standard InChI is InChI=1S/C9H15F6NO/c1-3-16-6(5-17-4-2)7(8(10,11)12)9(13,14)15/h6-7,16H,3-5H2,1-2H3. The summed E-state index contributed by atoms with van der Waals surface area (Å²) >= 11 is 0. The van der Waals surface area contributed by atoms with Gasteiger partial charge in [-0.15, -0.1) is 0 Å². The molecule has 17 heavy (non-hydrogen) atoms. The highest BCUT2D eigenvalue weighted by Crippen LogP contribution is 2.41. The third kappa shape index (κ3) is 5.58. The molecule has 0 aromatic rings. The van der Waals surface area contributed by atoms with E-state index in [1.54, 1.807) is 0 Å². The van der Waals surface area contributed by atoms with Gasteiger partial charge in [0.15, 0.2) is 5.92 Å². The molecule has 1 N–H and O–H groups in total. The van der Waals surface area contributed by atoms with Gasteiger partial charge in [-0.2, -0.15) is 26.3 Å². The van der Waals surface area contributed by atoms with Crippen LogP contribution in [0.15, 0.2) is 0 Å². The Kier molecular flexibility index (Phi) is 6.25. The van der Waals surface area contributed by atoms with Crippen molar-refractivity contribution in [3.8, 4) is 0 Å². The van der Waals surface area contributed by atoms with Gasteiger partial charge in [0.2, 0.25) is 0 Å². The summed E-state index contributed by atoms with van der Waals surface area (Å²) in [4.78, 5) is 0. The average molecular weight is 267 g/mol. The number of halogens is 6. The van der Waals surface area contributed by atoms with E-state index in [1.165, 1.54) is 13.8 Å². The monoisotopic (exact) mass is 267 g/mol. The van der Waals surface area contributed by atoms with Crippen molar-refractivity contribution in [1.29, 1.82) is 0 Å². The summed E-state index contributed by atoms with van der Waals surface area (Å²) in [6.07, 6.45) is -10.7.